The van der Waals surface area contributed by atoms with Crippen LogP contribution in [0.15, 0.2) is 28.1 Å². The van der Waals surface area contributed by atoms with E-state index in [0.717, 1.165) is 44.0 Å². The molecule has 1 amide bonds. The maximum Gasteiger partial charge on any atom is 0.273 e. The van der Waals surface area contributed by atoms with Gasteiger partial charge in [-0.2, -0.15) is 0 Å². The lowest BCUT2D eigenvalue weighted by atomic mass is 10.3. The number of carbonyl (C=O) groups is 1. The van der Waals surface area contributed by atoms with Crippen molar-refractivity contribution in [2.24, 2.45) is 0 Å². The minimum absolute atomic E-state index is 0.171. The lowest BCUT2D eigenvalue weighted by Gasteiger charge is -2.32. The minimum atomic E-state index is -0.171. The van der Waals surface area contributed by atoms with Crippen LogP contribution in [0.5, 0.6) is 0 Å². The molecule has 1 aliphatic rings. The number of likely N-dealkylation sites (N-methyl/N-ethyl adjacent to an activating group) is 1. The van der Waals surface area contributed by atoms with Gasteiger partial charge in [0.25, 0.3) is 5.91 Å². The van der Waals surface area contributed by atoms with Crippen LogP contribution in [0.4, 0.5) is 0 Å². The number of hydrogen-bond acceptors (Lipinski definition) is 6. The molecule has 0 bridgehead atoms. The molecule has 3 rings (SSSR count). The molecule has 1 saturated heterocycles. The van der Waals surface area contributed by atoms with Gasteiger partial charge in [-0.05, 0) is 31.5 Å². The summed E-state index contributed by atoms with van der Waals surface area (Å²) in [4.78, 5) is 17.8. The Bertz CT molecular complexity index is 618. The maximum absolute atomic E-state index is 12.1. The molecule has 124 valence electrons. The second-order valence-electron chi connectivity index (χ2n) is 5.81. The van der Waals surface area contributed by atoms with Gasteiger partial charge in [0.1, 0.15) is 0 Å². The van der Waals surface area contributed by atoms with Crippen molar-refractivity contribution in [3.63, 3.8) is 0 Å². The van der Waals surface area contributed by atoms with Crippen molar-refractivity contribution < 1.29 is 9.32 Å². The number of hydrogen-bond donors (Lipinski definition) is 1. The standard InChI is InChI=1S/C16H22N4O2S/c1-19-7-9-20(10-8-19)6-3-5-17-16(21)13-12-14(22-18-13)15-4-2-11-23-15/h2,4,11-12H,3,5-10H2,1H3,(H,17,21). The van der Waals surface area contributed by atoms with Gasteiger partial charge in [0.05, 0.1) is 4.88 Å². The summed E-state index contributed by atoms with van der Waals surface area (Å²) in [6.07, 6.45) is 0.949. The van der Waals surface area contributed by atoms with E-state index in [1.807, 2.05) is 17.5 Å². The average molecular weight is 334 g/mol. The van der Waals surface area contributed by atoms with Crippen LogP contribution in [0.3, 0.4) is 0 Å². The lowest BCUT2D eigenvalue weighted by Crippen LogP contribution is -2.45. The van der Waals surface area contributed by atoms with E-state index in [1.165, 1.54) is 0 Å². The van der Waals surface area contributed by atoms with Gasteiger partial charge in [-0.3, -0.25) is 4.79 Å². The van der Waals surface area contributed by atoms with E-state index in [1.54, 1.807) is 17.4 Å². The Labute approximate surface area is 140 Å². The van der Waals surface area contributed by atoms with E-state index in [-0.39, 0.29) is 5.91 Å². The average Bonchev–Trinajstić information content (AvgIpc) is 3.23. The summed E-state index contributed by atoms with van der Waals surface area (Å²) in [5.41, 5.74) is 0.341. The van der Waals surface area contributed by atoms with E-state index < -0.39 is 0 Å². The summed E-state index contributed by atoms with van der Waals surface area (Å²) in [6, 6.07) is 5.59. The molecular weight excluding hydrogens is 312 g/mol. The summed E-state index contributed by atoms with van der Waals surface area (Å²) in [7, 11) is 2.15. The molecule has 3 heterocycles. The smallest absolute Gasteiger partial charge is 0.273 e. The molecule has 6 nitrogen and oxygen atoms in total. The molecule has 2 aromatic rings. The van der Waals surface area contributed by atoms with Gasteiger partial charge in [0.15, 0.2) is 11.5 Å². The Morgan fingerprint density at radius 2 is 2.22 bits per heavy atom. The summed E-state index contributed by atoms with van der Waals surface area (Å²) >= 11 is 1.56. The Morgan fingerprint density at radius 3 is 2.96 bits per heavy atom. The molecule has 0 saturated carbocycles. The van der Waals surface area contributed by atoms with Gasteiger partial charge >= 0.3 is 0 Å². The topological polar surface area (TPSA) is 61.6 Å². The van der Waals surface area contributed by atoms with Gasteiger partial charge in [0.2, 0.25) is 0 Å². The number of piperazine rings is 1. The van der Waals surface area contributed by atoms with Crippen LogP contribution in [0.25, 0.3) is 10.6 Å². The Balaban J connectivity index is 1.40. The third-order valence-corrected chi connectivity index (χ3v) is 4.92. The van der Waals surface area contributed by atoms with E-state index >= 15 is 0 Å². The first-order valence-electron chi connectivity index (χ1n) is 7.92. The number of nitrogens with one attached hydrogen (secondary N) is 1. The largest absolute Gasteiger partial charge is 0.355 e. The highest BCUT2D eigenvalue weighted by Crippen LogP contribution is 2.24. The number of rotatable bonds is 6. The third kappa shape index (κ3) is 4.40. The van der Waals surface area contributed by atoms with Crippen LogP contribution in [0, 0.1) is 0 Å². The van der Waals surface area contributed by atoms with Crippen LogP contribution in [0.1, 0.15) is 16.9 Å². The molecule has 0 unspecified atom stereocenters. The number of amides is 1. The third-order valence-electron chi connectivity index (χ3n) is 4.04. The van der Waals surface area contributed by atoms with Crippen LogP contribution >= 0.6 is 11.3 Å². The van der Waals surface area contributed by atoms with Gasteiger partial charge in [0, 0.05) is 38.8 Å². The predicted octanol–water partition coefficient (Wildman–Crippen LogP) is 1.77. The fourth-order valence-electron chi connectivity index (χ4n) is 2.58. The Kier molecular flexibility index (Phi) is 5.43. The first kappa shape index (κ1) is 16.2. The van der Waals surface area contributed by atoms with E-state index in [2.05, 4.69) is 27.3 Å². The van der Waals surface area contributed by atoms with Gasteiger partial charge < -0.3 is 19.6 Å². The molecule has 1 N–H and O–H groups in total. The predicted molar refractivity (Wildman–Crippen MR) is 90.7 cm³/mol. The van der Waals surface area contributed by atoms with Crippen molar-refractivity contribution in [2.75, 3.05) is 46.3 Å². The second-order valence-corrected chi connectivity index (χ2v) is 6.76. The summed E-state index contributed by atoms with van der Waals surface area (Å²) in [5, 5.41) is 8.73. The van der Waals surface area contributed by atoms with Crippen molar-refractivity contribution in [2.45, 2.75) is 6.42 Å². The van der Waals surface area contributed by atoms with Gasteiger partial charge in [-0.15, -0.1) is 11.3 Å². The van der Waals surface area contributed by atoms with Gasteiger partial charge in [-0.25, -0.2) is 0 Å². The van der Waals surface area contributed by atoms with Crippen LogP contribution in [0.2, 0.25) is 0 Å². The minimum Gasteiger partial charge on any atom is -0.355 e. The molecule has 7 heteroatoms. The van der Waals surface area contributed by atoms with E-state index in [4.69, 9.17) is 4.52 Å². The molecule has 1 aliphatic heterocycles. The molecule has 1 fully saturated rings. The zero-order chi connectivity index (χ0) is 16.1. The second kappa shape index (κ2) is 7.72. The molecule has 0 aromatic carbocycles. The highest BCUT2D eigenvalue weighted by molar-refractivity contribution is 7.13. The zero-order valence-electron chi connectivity index (χ0n) is 13.3. The number of aromatic nitrogens is 1. The Morgan fingerprint density at radius 1 is 1.39 bits per heavy atom. The fraction of sp³-hybridized carbons (Fsp3) is 0.500. The molecular formula is C16H22N4O2S. The number of nitrogens with zero attached hydrogens (tertiary/aromatic N) is 3. The molecule has 2 aromatic heterocycles. The Hall–Kier alpha value is -1.70. The van der Waals surface area contributed by atoms with Crippen LogP contribution < -0.4 is 5.32 Å². The first-order chi connectivity index (χ1) is 11.2. The first-order valence-corrected chi connectivity index (χ1v) is 8.80. The summed E-state index contributed by atoms with van der Waals surface area (Å²) in [5.74, 6) is 0.470. The quantitative estimate of drug-likeness (QED) is 0.816. The highest BCUT2D eigenvalue weighted by Gasteiger charge is 2.15. The summed E-state index contributed by atoms with van der Waals surface area (Å²) in [6.45, 7) is 6.14. The van der Waals surface area contributed by atoms with E-state index in [0.29, 0.717) is 18.0 Å². The fourth-order valence-corrected chi connectivity index (χ4v) is 3.26. The van der Waals surface area contributed by atoms with Crippen molar-refractivity contribution >= 4 is 17.2 Å². The molecule has 23 heavy (non-hydrogen) atoms. The molecule has 0 atom stereocenters. The number of carbonyl (C=O) groups excluding carboxylic acids is 1. The highest BCUT2D eigenvalue weighted by atomic mass is 32.1. The summed E-state index contributed by atoms with van der Waals surface area (Å²) < 4.78 is 5.23. The normalized spacial score (nSPS) is 16.6. The molecule has 0 spiro atoms. The van der Waals surface area contributed by atoms with Crippen molar-refractivity contribution in [3.05, 3.63) is 29.3 Å². The lowest BCUT2D eigenvalue weighted by molar-refractivity contribution is 0.0940. The van der Waals surface area contributed by atoms with Crippen LogP contribution in [-0.2, 0) is 0 Å². The van der Waals surface area contributed by atoms with Crippen molar-refractivity contribution in [1.82, 2.24) is 20.3 Å². The van der Waals surface area contributed by atoms with Crippen LogP contribution in [-0.4, -0.2) is 67.2 Å². The number of thiophene rings is 1. The zero-order valence-corrected chi connectivity index (χ0v) is 14.1. The van der Waals surface area contributed by atoms with Crippen molar-refractivity contribution in [3.8, 4) is 10.6 Å². The van der Waals surface area contributed by atoms with Crippen molar-refractivity contribution in [1.29, 1.82) is 0 Å². The monoisotopic (exact) mass is 334 g/mol. The SMILES string of the molecule is CN1CCN(CCCNC(=O)c2cc(-c3cccs3)on2)CC1. The molecule has 0 aliphatic carbocycles. The van der Waals surface area contributed by atoms with Gasteiger partial charge in [-0.1, -0.05) is 11.2 Å². The maximum atomic E-state index is 12.1. The van der Waals surface area contributed by atoms with E-state index in [9.17, 15) is 4.79 Å². The molecule has 0 radical (unpaired) electrons.